The lowest BCUT2D eigenvalue weighted by Gasteiger charge is -2.02. The van der Waals surface area contributed by atoms with Gasteiger partial charge < -0.3 is 0 Å². The number of hydrogen-bond donors (Lipinski definition) is 0. The van der Waals surface area contributed by atoms with Crippen LogP contribution in [0.25, 0.3) is 0 Å². The molecule has 0 saturated carbocycles. The zero-order valence-electron chi connectivity index (χ0n) is 10.1. The zero-order chi connectivity index (χ0) is 11.4. The van der Waals surface area contributed by atoms with E-state index < -0.39 is 0 Å². The molecule has 0 spiro atoms. The number of hydrogen-bond acceptors (Lipinski definition) is 0. The van der Waals surface area contributed by atoms with Gasteiger partial charge in [0.2, 0.25) is 0 Å². The summed E-state index contributed by atoms with van der Waals surface area (Å²) in [5, 5.41) is 0. The summed E-state index contributed by atoms with van der Waals surface area (Å²) in [6.07, 6.45) is 12.7. The highest BCUT2D eigenvalue weighted by molar-refractivity contribution is 6.68. The molecule has 0 radical (unpaired) electrons. The van der Waals surface area contributed by atoms with Crippen LogP contribution in [0.4, 0.5) is 0 Å². The number of unbranched alkanes of at least 4 members (excludes halogenated alkanes) is 8. The van der Waals surface area contributed by atoms with E-state index >= 15 is 0 Å². The monoisotopic (exact) mass is 268 g/mol. The lowest BCUT2D eigenvalue weighted by atomic mass is 10.1. The highest BCUT2D eigenvalue weighted by Crippen LogP contribution is 2.11. The summed E-state index contributed by atoms with van der Waals surface area (Å²) in [5.74, 6) is 0. The molecule has 0 aromatic rings. The van der Waals surface area contributed by atoms with E-state index in [-0.39, 0.29) is 14.0 Å². The molecule has 0 N–H and O–H groups in total. The minimum atomic E-state index is -0.174. The van der Waals surface area contributed by atoms with E-state index in [4.69, 9.17) is 23.2 Å². The SMILES string of the molecule is CCCCCCCCCCC[SiH2]C(Cl)Cl. The third-order valence-electron chi connectivity index (χ3n) is 2.78. The Morgan fingerprint density at radius 2 is 1.27 bits per heavy atom. The Morgan fingerprint density at radius 3 is 1.73 bits per heavy atom. The molecule has 0 aromatic carbocycles. The maximum Gasteiger partial charge on any atom is 0.0908 e. The minimum Gasteiger partial charge on any atom is -0.110 e. The summed E-state index contributed by atoms with van der Waals surface area (Å²) in [4.78, 5) is 0. The lowest BCUT2D eigenvalue weighted by molar-refractivity contribution is 0.572. The molecule has 0 amide bonds. The van der Waals surface area contributed by atoms with Gasteiger partial charge in [-0.05, 0) is 0 Å². The Bertz CT molecular complexity index is 118. The fraction of sp³-hybridized carbons (Fsp3) is 1.00. The van der Waals surface area contributed by atoms with Gasteiger partial charge in [-0.25, -0.2) is 0 Å². The van der Waals surface area contributed by atoms with Gasteiger partial charge in [0.25, 0.3) is 0 Å². The van der Waals surface area contributed by atoms with Crippen LogP contribution in [-0.4, -0.2) is 14.0 Å². The largest absolute Gasteiger partial charge is 0.110 e. The normalized spacial score (nSPS) is 12.0. The molecule has 0 bridgehead atoms. The van der Waals surface area contributed by atoms with Gasteiger partial charge in [-0.3, -0.25) is 0 Å². The molecule has 0 atom stereocenters. The van der Waals surface area contributed by atoms with Crippen LogP contribution in [0.15, 0.2) is 0 Å². The number of rotatable bonds is 11. The predicted molar refractivity (Wildman–Crippen MR) is 76.1 cm³/mol. The molecule has 0 aliphatic carbocycles. The summed E-state index contributed by atoms with van der Waals surface area (Å²) in [5.41, 5.74) is 0. The minimum absolute atomic E-state index is 0.0148. The predicted octanol–water partition coefficient (Wildman–Crippen LogP) is 4.87. The number of alkyl halides is 2. The molecule has 0 nitrogen and oxygen atoms in total. The first kappa shape index (κ1) is 15.8. The smallest absolute Gasteiger partial charge is 0.0908 e. The van der Waals surface area contributed by atoms with Gasteiger partial charge in [0, 0.05) is 0 Å². The molecule has 0 rings (SSSR count). The molecule has 0 aliphatic rings. The topological polar surface area (TPSA) is 0 Å². The van der Waals surface area contributed by atoms with Crippen molar-refractivity contribution < 1.29 is 0 Å². The molecule has 3 heteroatoms. The van der Waals surface area contributed by atoms with E-state index in [2.05, 4.69) is 6.92 Å². The summed E-state index contributed by atoms with van der Waals surface area (Å²) >= 11 is 11.4. The van der Waals surface area contributed by atoms with Crippen LogP contribution in [0, 0.1) is 0 Å². The van der Waals surface area contributed by atoms with Crippen LogP contribution >= 0.6 is 23.2 Å². The Kier molecular flexibility index (Phi) is 13.5. The molecular weight excluding hydrogens is 243 g/mol. The van der Waals surface area contributed by atoms with Crippen LogP contribution in [0.5, 0.6) is 0 Å². The third kappa shape index (κ3) is 14.8. The van der Waals surface area contributed by atoms with Gasteiger partial charge in [0.1, 0.15) is 0 Å². The van der Waals surface area contributed by atoms with E-state index in [0.717, 1.165) is 0 Å². The molecule has 0 heterocycles. The fourth-order valence-corrected chi connectivity index (χ4v) is 3.66. The second-order valence-electron chi connectivity index (χ2n) is 4.36. The molecule has 0 aromatic heterocycles. The molecule has 0 saturated heterocycles. The van der Waals surface area contributed by atoms with Gasteiger partial charge >= 0.3 is 0 Å². The first-order chi connectivity index (χ1) is 7.27. The molecule has 15 heavy (non-hydrogen) atoms. The molecular formula is C12H26Cl2Si. The van der Waals surface area contributed by atoms with E-state index in [9.17, 15) is 0 Å². The van der Waals surface area contributed by atoms with Gasteiger partial charge in [0.15, 0.2) is 0 Å². The highest BCUT2D eigenvalue weighted by Gasteiger charge is 1.98. The second kappa shape index (κ2) is 12.9. The van der Waals surface area contributed by atoms with Gasteiger partial charge in [-0.15, -0.1) is 23.2 Å². The molecule has 0 unspecified atom stereocenters. The van der Waals surface area contributed by atoms with Gasteiger partial charge in [-0.1, -0.05) is 70.8 Å². The van der Waals surface area contributed by atoms with Gasteiger partial charge in [0.05, 0.1) is 14.0 Å². The number of halogens is 2. The van der Waals surface area contributed by atoms with Gasteiger partial charge in [-0.2, -0.15) is 0 Å². The third-order valence-corrected chi connectivity index (χ3v) is 5.43. The Labute approximate surface area is 108 Å². The average molecular weight is 269 g/mol. The van der Waals surface area contributed by atoms with Crippen LogP contribution < -0.4 is 0 Å². The van der Waals surface area contributed by atoms with Crippen LogP contribution in [-0.2, 0) is 0 Å². The van der Waals surface area contributed by atoms with Crippen molar-refractivity contribution in [3.8, 4) is 0 Å². The quantitative estimate of drug-likeness (QED) is 0.285. The van der Waals surface area contributed by atoms with E-state index in [1.165, 1.54) is 63.8 Å². The standard InChI is InChI=1S/C12H26Cl2Si/c1-2-3-4-5-6-7-8-9-10-11-15-12(13)14/h12H,2-11,15H2,1H3. The van der Waals surface area contributed by atoms with Crippen molar-refractivity contribution >= 4 is 32.7 Å². The van der Waals surface area contributed by atoms with E-state index in [1.54, 1.807) is 0 Å². The first-order valence-electron chi connectivity index (χ1n) is 6.55. The molecule has 92 valence electrons. The maximum absolute atomic E-state index is 5.72. The Hall–Kier alpha value is 0.797. The summed E-state index contributed by atoms with van der Waals surface area (Å²) in [6, 6.07) is 1.33. The van der Waals surface area contributed by atoms with Crippen molar-refractivity contribution in [1.82, 2.24) is 0 Å². The molecule has 0 fully saturated rings. The summed E-state index contributed by atoms with van der Waals surface area (Å²) in [7, 11) is -0.174. The van der Waals surface area contributed by atoms with Crippen molar-refractivity contribution in [3.05, 3.63) is 0 Å². The zero-order valence-corrected chi connectivity index (χ0v) is 13.0. The fourth-order valence-electron chi connectivity index (χ4n) is 1.79. The summed E-state index contributed by atoms with van der Waals surface area (Å²) < 4.78 is -0.0148. The van der Waals surface area contributed by atoms with Crippen LogP contribution in [0.2, 0.25) is 6.04 Å². The van der Waals surface area contributed by atoms with Crippen LogP contribution in [0.3, 0.4) is 0 Å². The van der Waals surface area contributed by atoms with Crippen LogP contribution in [0.1, 0.15) is 64.7 Å². The lowest BCUT2D eigenvalue weighted by Crippen LogP contribution is -1.99. The van der Waals surface area contributed by atoms with E-state index in [1.807, 2.05) is 0 Å². The van der Waals surface area contributed by atoms with E-state index in [0.29, 0.717) is 0 Å². The Balaban J connectivity index is 2.87. The van der Waals surface area contributed by atoms with Crippen molar-refractivity contribution in [1.29, 1.82) is 0 Å². The average Bonchev–Trinajstić information content (AvgIpc) is 2.20. The Morgan fingerprint density at radius 1 is 0.800 bits per heavy atom. The maximum atomic E-state index is 5.72. The first-order valence-corrected chi connectivity index (χ1v) is 9.24. The summed E-state index contributed by atoms with van der Waals surface area (Å²) in [6.45, 7) is 2.27. The second-order valence-corrected chi connectivity index (χ2v) is 8.77. The van der Waals surface area contributed by atoms with Crippen molar-refractivity contribution in [2.24, 2.45) is 0 Å². The van der Waals surface area contributed by atoms with Crippen molar-refractivity contribution in [3.63, 3.8) is 0 Å². The van der Waals surface area contributed by atoms with Crippen molar-refractivity contribution in [2.45, 2.75) is 75.2 Å². The molecule has 0 aliphatic heterocycles. The highest BCUT2D eigenvalue weighted by atomic mass is 35.5. The van der Waals surface area contributed by atoms with Crippen molar-refractivity contribution in [2.75, 3.05) is 0 Å².